The molecule has 2 unspecified atom stereocenters. The van der Waals surface area contributed by atoms with E-state index in [-0.39, 0.29) is 29.0 Å². The Morgan fingerprint density at radius 3 is 2.57 bits per heavy atom. The Morgan fingerprint density at radius 1 is 1.30 bits per heavy atom. The first kappa shape index (κ1) is 20.3. The summed E-state index contributed by atoms with van der Waals surface area (Å²) in [5.41, 5.74) is -0.269. The minimum atomic E-state index is -0.525. The zero-order valence-corrected chi connectivity index (χ0v) is 17.8. The number of piperidine rings is 1. The molecule has 160 valence electrons. The topological polar surface area (TPSA) is 80.6 Å². The van der Waals surface area contributed by atoms with Crippen LogP contribution in [0, 0.1) is 17.7 Å². The van der Waals surface area contributed by atoms with E-state index in [1.165, 1.54) is 22.9 Å². The lowest BCUT2D eigenvalue weighted by Gasteiger charge is -2.28. The minimum absolute atomic E-state index is 0.166. The van der Waals surface area contributed by atoms with Crippen molar-refractivity contribution in [2.24, 2.45) is 18.9 Å². The number of carbonyl (C=O) groups excluding carboxylic acids is 1. The number of rotatable bonds is 3. The Bertz CT molecular complexity index is 1040. The van der Waals surface area contributed by atoms with Crippen LogP contribution in [0.4, 0.5) is 15.1 Å². The van der Waals surface area contributed by atoms with Crippen LogP contribution < -0.4 is 10.5 Å². The quantitative estimate of drug-likeness (QED) is 0.765. The van der Waals surface area contributed by atoms with Crippen molar-refractivity contribution in [2.75, 3.05) is 25.0 Å². The van der Waals surface area contributed by atoms with Gasteiger partial charge in [-0.25, -0.2) is 14.2 Å². The maximum atomic E-state index is 14.2. The summed E-state index contributed by atoms with van der Waals surface area (Å²) in [6, 6.07) is 3.00. The first-order valence-corrected chi connectivity index (χ1v) is 9.95. The van der Waals surface area contributed by atoms with Gasteiger partial charge in [-0.1, -0.05) is 0 Å². The van der Waals surface area contributed by atoms with Crippen LogP contribution in [0.25, 0.3) is 11.3 Å². The highest BCUT2D eigenvalue weighted by Gasteiger charge is 2.59. The van der Waals surface area contributed by atoms with Crippen LogP contribution in [0.15, 0.2) is 29.3 Å². The zero-order valence-electron chi connectivity index (χ0n) is 17.8. The average Bonchev–Trinajstić information content (AvgIpc) is 3.15. The molecular weight excluding hydrogens is 389 g/mol. The number of anilines is 1. The third-order valence-electron chi connectivity index (χ3n) is 5.72. The lowest BCUT2D eigenvalue weighted by Crippen LogP contribution is -2.40. The van der Waals surface area contributed by atoms with Gasteiger partial charge in [-0.3, -0.25) is 14.3 Å². The smallest absolute Gasteiger partial charge is 0.410 e. The highest BCUT2D eigenvalue weighted by molar-refractivity contribution is 5.69. The Hall–Kier alpha value is -2.97. The molecule has 0 bridgehead atoms. The zero-order chi connectivity index (χ0) is 21.8. The fraction of sp³-hybridized carbons (Fsp3) is 0.524. The molecule has 3 heterocycles. The van der Waals surface area contributed by atoms with Crippen LogP contribution in [0.2, 0.25) is 0 Å². The van der Waals surface area contributed by atoms with E-state index >= 15 is 0 Å². The number of nitrogens with zero attached hydrogens (tertiary/aromatic N) is 5. The maximum Gasteiger partial charge on any atom is 0.410 e. The molecule has 30 heavy (non-hydrogen) atoms. The highest BCUT2D eigenvalue weighted by atomic mass is 19.1. The second kappa shape index (κ2) is 7.07. The summed E-state index contributed by atoms with van der Waals surface area (Å²) >= 11 is 0. The first-order valence-electron chi connectivity index (χ1n) is 9.95. The number of likely N-dealkylation sites (tertiary alicyclic amines) is 1. The number of carbonyl (C=O) groups is 1. The predicted molar refractivity (Wildman–Crippen MR) is 110 cm³/mol. The molecule has 8 nitrogen and oxygen atoms in total. The normalized spacial score (nSPS) is 22.6. The molecule has 1 aliphatic heterocycles. The summed E-state index contributed by atoms with van der Waals surface area (Å²) in [5, 5.41) is 0. The number of pyridine rings is 1. The van der Waals surface area contributed by atoms with Gasteiger partial charge >= 0.3 is 6.09 Å². The van der Waals surface area contributed by atoms with E-state index in [9.17, 15) is 14.0 Å². The summed E-state index contributed by atoms with van der Waals surface area (Å²) in [4.78, 5) is 36.8. The van der Waals surface area contributed by atoms with Crippen molar-refractivity contribution >= 4 is 12.0 Å². The number of fused-ring (bicyclic) bond motifs is 1. The van der Waals surface area contributed by atoms with E-state index in [2.05, 4.69) is 9.97 Å². The van der Waals surface area contributed by atoms with Crippen LogP contribution in [0.1, 0.15) is 20.8 Å². The Balaban J connectivity index is 1.52. The molecule has 9 heteroatoms. The molecule has 4 rings (SSSR count). The molecule has 0 spiro atoms. The van der Waals surface area contributed by atoms with Crippen molar-refractivity contribution in [2.45, 2.75) is 32.4 Å². The highest BCUT2D eigenvalue weighted by Crippen LogP contribution is 2.49. The second-order valence-electron chi connectivity index (χ2n) is 9.01. The van der Waals surface area contributed by atoms with Crippen molar-refractivity contribution in [3.05, 3.63) is 40.7 Å². The van der Waals surface area contributed by atoms with E-state index in [4.69, 9.17) is 4.74 Å². The molecule has 0 aromatic carbocycles. The largest absolute Gasteiger partial charge is 0.444 e. The van der Waals surface area contributed by atoms with E-state index in [1.54, 1.807) is 11.9 Å². The molecule has 1 saturated heterocycles. The number of halogens is 1. The van der Waals surface area contributed by atoms with Gasteiger partial charge in [0.15, 0.2) is 5.82 Å². The standard InChI is InChI=1S/C21H26FN5O3/c1-21(2,3)30-20(29)27-10-13-14(11-27)18(13)26(5)19-24-16(8-17(28)25(19)4)12-6-7-23-9-15(12)22/h6-9,13-14,18H,10-11H2,1-5H3/t13-,14?,18?/m1/s1. The van der Waals surface area contributed by atoms with Crippen molar-refractivity contribution in [3.63, 3.8) is 0 Å². The molecule has 3 atom stereocenters. The summed E-state index contributed by atoms with van der Waals surface area (Å²) in [6.07, 6.45) is 2.28. The van der Waals surface area contributed by atoms with Gasteiger partial charge in [0.2, 0.25) is 5.95 Å². The van der Waals surface area contributed by atoms with Gasteiger partial charge in [0, 0.05) is 62.9 Å². The lowest BCUT2D eigenvalue weighted by atomic mass is 10.2. The fourth-order valence-corrected chi connectivity index (χ4v) is 4.24. The summed E-state index contributed by atoms with van der Waals surface area (Å²) < 4.78 is 21.1. The lowest BCUT2D eigenvalue weighted by molar-refractivity contribution is 0.0271. The number of ether oxygens (including phenoxy) is 1. The molecule has 0 N–H and O–H groups in total. The molecule has 2 fully saturated rings. The van der Waals surface area contributed by atoms with Gasteiger partial charge in [-0.2, -0.15) is 0 Å². The van der Waals surface area contributed by atoms with Gasteiger partial charge in [0.1, 0.15) is 5.60 Å². The Kier molecular flexibility index (Phi) is 4.79. The SMILES string of the molecule is CN(c1nc(-c2ccncc2F)cc(=O)n1C)C1C2CN(C(=O)OC(C)(C)C)C[C@H]21. The van der Waals surface area contributed by atoms with Gasteiger partial charge in [0.25, 0.3) is 5.56 Å². The number of aromatic nitrogens is 3. The van der Waals surface area contributed by atoms with Crippen molar-refractivity contribution in [1.29, 1.82) is 0 Å². The van der Waals surface area contributed by atoms with Gasteiger partial charge < -0.3 is 14.5 Å². The van der Waals surface area contributed by atoms with E-state index in [0.717, 1.165) is 6.20 Å². The summed E-state index contributed by atoms with van der Waals surface area (Å²) in [5.74, 6) is 0.529. The Morgan fingerprint density at radius 2 is 1.97 bits per heavy atom. The monoisotopic (exact) mass is 415 g/mol. The van der Waals surface area contributed by atoms with Gasteiger partial charge in [-0.15, -0.1) is 0 Å². The van der Waals surface area contributed by atoms with Crippen LogP contribution in [0.3, 0.4) is 0 Å². The molecule has 1 aliphatic carbocycles. The average molecular weight is 415 g/mol. The molecule has 1 amide bonds. The molecule has 2 aromatic heterocycles. The van der Waals surface area contributed by atoms with E-state index in [1.807, 2.05) is 32.7 Å². The van der Waals surface area contributed by atoms with Gasteiger partial charge in [0.05, 0.1) is 11.9 Å². The van der Waals surface area contributed by atoms with Crippen LogP contribution in [-0.4, -0.2) is 57.3 Å². The maximum absolute atomic E-state index is 14.2. The third-order valence-corrected chi connectivity index (χ3v) is 5.72. The predicted octanol–water partition coefficient (Wildman–Crippen LogP) is 2.28. The number of hydrogen-bond acceptors (Lipinski definition) is 6. The molecule has 2 aliphatic rings. The summed E-state index contributed by atoms with van der Waals surface area (Å²) in [6.45, 7) is 6.78. The summed E-state index contributed by atoms with van der Waals surface area (Å²) in [7, 11) is 3.54. The van der Waals surface area contributed by atoms with Crippen molar-refractivity contribution in [1.82, 2.24) is 19.4 Å². The second-order valence-corrected chi connectivity index (χ2v) is 9.01. The molecule has 1 saturated carbocycles. The Labute approximate surface area is 174 Å². The van der Waals surface area contributed by atoms with E-state index < -0.39 is 11.4 Å². The first-order chi connectivity index (χ1) is 14.1. The molecule has 0 radical (unpaired) electrons. The van der Waals surface area contributed by atoms with E-state index in [0.29, 0.717) is 30.9 Å². The fourth-order valence-electron chi connectivity index (χ4n) is 4.24. The molecule has 2 aromatic rings. The van der Waals surface area contributed by atoms with Crippen LogP contribution in [0.5, 0.6) is 0 Å². The van der Waals surface area contributed by atoms with Crippen molar-refractivity contribution < 1.29 is 13.9 Å². The van der Waals surface area contributed by atoms with Crippen molar-refractivity contribution in [3.8, 4) is 11.3 Å². The minimum Gasteiger partial charge on any atom is -0.444 e. The third kappa shape index (κ3) is 3.64. The van der Waals surface area contributed by atoms with Crippen LogP contribution in [-0.2, 0) is 11.8 Å². The van der Waals surface area contributed by atoms with Gasteiger partial charge in [-0.05, 0) is 26.8 Å². The van der Waals surface area contributed by atoms with Crippen LogP contribution >= 0.6 is 0 Å². The molecular formula is C21H26FN5O3. The number of hydrogen-bond donors (Lipinski definition) is 0. The number of amides is 1.